The van der Waals surface area contributed by atoms with Crippen molar-refractivity contribution in [1.82, 2.24) is 5.32 Å². The highest BCUT2D eigenvalue weighted by molar-refractivity contribution is 7.98. The second-order valence-electron chi connectivity index (χ2n) is 5.96. The second kappa shape index (κ2) is 9.28. The number of anilines is 1. The predicted molar refractivity (Wildman–Crippen MR) is 105 cm³/mol. The van der Waals surface area contributed by atoms with Gasteiger partial charge in [0.15, 0.2) is 0 Å². The van der Waals surface area contributed by atoms with E-state index in [0.29, 0.717) is 16.8 Å². The zero-order valence-electron chi connectivity index (χ0n) is 14.8. The normalized spacial score (nSPS) is 10.6. The number of rotatable bonds is 7. The first-order valence-corrected chi connectivity index (χ1v) is 9.54. The van der Waals surface area contributed by atoms with Gasteiger partial charge in [-0.15, -0.1) is 0 Å². The molecule has 0 aliphatic carbocycles. The van der Waals surface area contributed by atoms with Crippen molar-refractivity contribution >= 4 is 29.3 Å². The fourth-order valence-corrected chi connectivity index (χ4v) is 2.93. The molecule has 0 aliphatic heterocycles. The van der Waals surface area contributed by atoms with Gasteiger partial charge in [-0.3, -0.25) is 9.59 Å². The van der Waals surface area contributed by atoms with Crippen LogP contribution < -0.4 is 10.6 Å². The summed E-state index contributed by atoms with van der Waals surface area (Å²) in [5, 5.41) is 5.69. The van der Waals surface area contributed by atoms with E-state index in [-0.39, 0.29) is 17.9 Å². The van der Waals surface area contributed by atoms with Gasteiger partial charge in [-0.25, -0.2) is 0 Å². The van der Waals surface area contributed by atoms with Crippen molar-refractivity contribution in [3.63, 3.8) is 0 Å². The molecule has 132 valence electrons. The smallest absolute Gasteiger partial charge is 0.255 e. The molecule has 0 bridgehead atoms. The molecule has 2 rings (SSSR count). The molecule has 0 spiro atoms. The molecule has 0 atom stereocenters. The van der Waals surface area contributed by atoms with E-state index >= 15 is 0 Å². The zero-order valence-corrected chi connectivity index (χ0v) is 15.7. The summed E-state index contributed by atoms with van der Waals surface area (Å²) in [6.07, 6.45) is 0. The van der Waals surface area contributed by atoms with Crippen LogP contribution in [0.25, 0.3) is 0 Å². The average molecular weight is 356 g/mol. The summed E-state index contributed by atoms with van der Waals surface area (Å²) in [6, 6.07) is 14.6. The quantitative estimate of drug-likeness (QED) is 0.776. The Kier molecular flexibility index (Phi) is 7.07. The van der Waals surface area contributed by atoms with Crippen LogP contribution in [0.3, 0.4) is 0 Å². The Morgan fingerprint density at radius 3 is 2.32 bits per heavy atom. The number of thioether (sulfide) groups is 1. The fourth-order valence-electron chi connectivity index (χ4n) is 2.30. The van der Waals surface area contributed by atoms with Crippen molar-refractivity contribution in [2.75, 3.05) is 11.1 Å². The highest BCUT2D eigenvalue weighted by atomic mass is 32.2. The molecule has 2 N–H and O–H groups in total. The van der Waals surface area contributed by atoms with E-state index in [1.54, 1.807) is 24.3 Å². The highest BCUT2D eigenvalue weighted by Gasteiger charge is 2.14. The molecule has 0 aromatic heterocycles. The van der Waals surface area contributed by atoms with Crippen molar-refractivity contribution in [2.45, 2.75) is 32.6 Å². The summed E-state index contributed by atoms with van der Waals surface area (Å²) in [6.45, 7) is 5.92. The topological polar surface area (TPSA) is 58.2 Å². The van der Waals surface area contributed by atoms with Crippen LogP contribution in [0.1, 0.15) is 47.1 Å². The molecule has 0 heterocycles. The number of para-hydroxylation sites is 1. The van der Waals surface area contributed by atoms with Crippen LogP contribution >= 0.6 is 11.8 Å². The van der Waals surface area contributed by atoms with Crippen molar-refractivity contribution in [2.24, 2.45) is 0 Å². The molecular weight excluding hydrogens is 332 g/mol. The molecule has 0 saturated heterocycles. The van der Waals surface area contributed by atoms with Gasteiger partial charge in [0.1, 0.15) is 0 Å². The third kappa shape index (κ3) is 5.64. The molecular formula is C20H24N2O2S. The number of hydrogen-bond donors (Lipinski definition) is 2. The molecule has 4 nitrogen and oxygen atoms in total. The van der Waals surface area contributed by atoms with E-state index in [0.717, 1.165) is 11.5 Å². The van der Waals surface area contributed by atoms with Crippen LogP contribution in [0.4, 0.5) is 5.69 Å². The van der Waals surface area contributed by atoms with Crippen LogP contribution in [0.2, 0.25) is 0 Å². The zero-order chi connectivity index (χ0) is 18.2. The number of carbonyl (C=O) groups excluding carboxylic acids is 2. The Balaban J connectivity index is 2.11. The minimum atomic E-state index is -0.223. The first-order valence-electron chi connectivity index (χ1n) is 8.39. The van der Waals surface area contributed by atoms with Crippen LogP contribution in [0, 0.1) is 0 Å². The first-order chi connectivity index (χ1) is 12.0. The van der Waals surface area contributed by atoms with Gasteiger partial charge in [-0.1, -0.05) is 31.2 Å². The van der Waals surface area contributed by atoms with Crippen LogP contribution in [-0.4, -0.2) is 23.6 Å². The third-order valence-corrected chi connectivity index (χ3v) is 4.47. The van der Waals surface area contributed by atoms with E-state index < -0.39 is 0 Å². The number of amides is 2. The molecule has 0 radical (unpaired) electrons. The van der Waals surface area contributed by atoms with E-state index in [1.165, 1.54) is 5.56 Å². The maximum Gasteiger partial charge on any atom is 0.255 e. The van der Waals surface area contributed by atoms with Gasteiger partial charge >= 0.3 is 0 Å². The lowest BCUT2D eigenvalue weighted by atomic mass is 10.1. The van der Waals surface area contributed by atoms with Gasteiger partial charge in [0, 0.05) is 17.4 Å². The van der Waals surface area contributed by atoms with E-state index in [2.05, 4.69) is 17.6 Å². The minimum absolute atomic E-state index is 0.0322. The van der Waals surface area contributed by atoms with E-state index in [1.807, 2.05) is 49.9 Å². The van der Waals surface area contributed by atoms with Crippen molar-refractivity contribution in [1.29, 1.82) is 0 Å². The number of hydrogen-bond acceptors (Lipinski definition) is 3. The van der Waals surface area contributed by atoms with Crippen molar-refractivity contribution in [3.8, 4) is 0 Å². The molecule has 25 heavy (non-hydrogen) atoms. The van der Waals surface area contributed by atoms with Gasteiger partial charge in [0.25, 0.3) is 11.8 Å². The Morgan fingerprint density at radius 2 is 1.68 bits per heavy atom. The maximum atomic E-state index is 12.5. The third-order valence-electron chi connectivity index (χ3n) is 3.53. The van der Waals surface area contributed by atoms with E-state index in [9.17, 15) is 9.59 Å². The van der Waals surface area contributed by atoms with Crippen LogP contribution in [-0.2, 0) is 5.75 Å². The van der Waals surface area contributed by atoms with Gasteiger partial charge in [0.2, 0.25) is 0 Å². The summed E-state index contributed by atoms with van der Waals surface area (Å²) >= 11 is 1.84. The number of benzene rings is 2. The lowest BCUT2D eigenvalue weighted by Crippen LogP contribution is -2.31. The first kappa shape index (κ1) is 19.1. The molecule has 0 saturated carbocycles. The second-order valence-corrected chi connectivity index (χ2v) is 7.24. The standard InChI is InChI=1S/C20H24N2O2S/c1-4-25-13-15-9-11-16(12-10-15)19(23)22-18-8-6-5-7-17(18)20(24)21-14(2)3/h5-12,14H,4,13H2,1-3H3,(H,21,24)(H,22,23). The van der Waals surface area contributed by atoms with Crippen LogP contribution in [0.5, 0.6) is 0 Å². The molecule has 2 aromatic carbocycles. The summed E-state index contributed by atoms with van der Waals surface area (Å²) in [5.41, 5.74) is 2.74. The average Bonchev–Trinajstić information content (AvgIpc) is 2.60. The molecule has 0 fully saturated rings. The highest BCUT2D eigenvalue weighted by Crippen LogP contribution is 2.18. The number of nitrogens with one attached hydrogen (secondary N) is 2. The van der Waals surface area contributed by atoms with Gasteiger partial charge in [-0.05, 0) is 49.4 Å². The minimum Gasteiger partial charge on any atom is -0.350 e. The van der Waals surface area contributed by atoms with Gasteiger partial charge in [0.05, 0.1) is 11.3 Å². The van der Waals surface area contributed by atoms with Crippen molar-refractivity contribution < 1.29 is 9.59 Å². The maximum absolute atomic E-state index is 12.5. The Morgan fingerprint density at radius 1 is 1.00 bits per heavy atom. The summed E-state index contributed by atoms with van der Waals surface area (Å²) in [7, 11) is 0. The Hall–Kier alpha value is -2.27. The molecule has 5 heteroatoms. The van der Waals surface area contributed by atoms with Gasteiger partial charge < -0.3 is 10.6 Å². The lowest BCUT2D eigenvalue weighted by molar-refractivity contribution is 0.0944. The molecule has 2 aromatic rings. The Bertz CT molecular complexity index is 727. The monoisotopic (exact) mass is 356 g/mol. The van der Waals surface area contributed by atoms with Gasteiger partial charge in [-0.2, -0.15) is 11.8 Å². The summed E-state index contributed by atoms with van der Waals surface area (Å²) in [5.74, 6) is 1.59. The summed E-state index contributed by atoms with van der Waals surface area (Å²) in [4.78, 5) is 24.8. The Labute approximate surface area is 153 Å². The predicted octanol–water partition coefficient (Wildman–Crippen LogP) is 4.33. The lowest BCUT2D eigenvalue weighted by Gasteiger charge is -2.13. The van der Waals surface area contributed by atoms with Crippen LogP contribution in [0.15, 0.2) is 48.5 Å². The van der Waals surface area contributed by atoms with E-state index in [4.69, 9.17) is 0 Å². The molecule has 0 unspecified atom stereocenters. The molecule has 2 amide bonds. The largest absolute Gasteiger partial charge is 0.350 e. The number of carbonyl (C=O) groups is 2. The SMILES string of the molecule is CCSCc1ccc(C(=O)Nc2ccccc2C(=O)NC(C)C)cc1. The summed E-state index contributed by atoms with van der Waals surface area (Å²) < 4.78 is 0. The fraction of sp³-hybridized carbons (Fsp3) is 0.300. The van der Waals surface area contributed by atoms with Crippen molar-refractivity contribution in [3.05, 3.63) is 65.2 Å². The molecule has 0 aliphatic rings.